The number of nitrogens with zero attached hydrogens (tertiary/aromatic N) is 2. The molecule has 0 aromatic carbocycles. The standard InChI is InChI=1S/C9H17N3/c1-4-6-12-7-5-10-9(12)11-8(2)3/h5,7-8H,4,6H2,1-3H3,(H,10,11). The van der Waals surface area contributed by atoms with Crippen molar-refractivity contribution in [1.29, 1.82) is 0 Å². The van der Waals surface area contributed by atoms with Crippen LogP contribution < -0.4 is 5.32 Å². The Balaban J connectivity index is 2.63. The Morgan fingerprint density at radius 3 is 2.92 bits per heavy atom. The second-order valence-electron chi connectivity index (χ2n) is 3.24. The van der Waals surface area contributed by atoms with Crippen molar-refractivity contribution in [3.05, 3.63) is 12.4 Å². The van der Waals surface area contributed by atoms with Gasteiger partial charge in [-0.1, -0.05) is 6.92 Å². The van der Waals surface area contributed by atoms with E-state index in [9.17, 15) is 0 Å². The lowest BCUT2D eigenvalue weighted by atomic mass is 10.4. The monoisotopic (exact) mass is 167 g/mol. The van der Waals surface area contributed by atoms with E-state index < -0.39 is 0 Å². The third-order valence-corrected chi connectivity index (χ3v) is 1.60. The first-order valence-corrected chi connectivity index (χ1v) is 4.51. The smallest absolute Gasteiger partial charge is 0.202 e. The molecule has 0 saturated heterocycles. The number of anilines is 1. The van der Waals surface area contributed by atoms with Crippen LogP contribution in [0.4, 0.5) is 5.95 Å². The fourth-order valence-corrected chi connectivity index (χ4v) is 1.13. The van der Waals surface area contributed by atoms with Crippen LogP contribution in [0.15, 0.2) is 12.4 Å². The van der Waals surface area contributed by atoms with Crippen molar-refractivity contribution >= 4 is 5.95 Å². The maximum Gasteiger partial charge on any atom is 0.202 e. The van der Waals surface area contributed by atoms with Gasteiger partial charge < -0.3 is 9.88 Å². The average molecular weight is 167 g/mol. The summed E-state index contributed by atoms with van der Waals surface area (Å²) in [6.45, 7) is 7.43. The summed E-state index contributed by atoms with van der Waals surface area (Å²) in [5.41, 5.74) is 0. The summed E-state index contributed by atoms with van der Waals surface area (Å²) in [6, 6.07) is 0.447. The highest BCUT2D eigenvalue weighted by molar-refractivity contribution is 5.26. The van der Waals surface area contributed by atoms with E-state index in [4.69, 9.17) is 0 Å². The zero-order chi connectivity index (χ0) is 8.97. The van der Waals surface area contributed by atoms with Crippen LogP contribution in [0.5, 0.6) is 0 Å². The molecule has 1 rings (SSSR count). The van der Waals surface area contributed by atoms with Crippen molar-refractivity contribution in [2.45, 2.75) is 39.8 Å². The number of hydrogen-bond donors (Lipinski definition) is 1. The minimum atomic E-state index is 0.447. The highest BCUT2D eigenvalue weighted by atomic mass is 15.2. The Hall–Kier alpha value is -0.990. The number of rotatable bonds is 4. The van der Waals surface area contributed by atoms with Crippen LogP contribution in [-0.2, 0) is 6.54 Å². The number of aromatic nitrogens is 2. The number of aryl methyl sites for hydroxylation is 1. The van der Waals surface area contributed by atoms with Gasteiger partial charge in [0.25, 0.3) is 0 Å². The lowest BCUT2D eigenvalue weighted by molar-refractivity contribution is 0.676. The van der Waals surface area contributed by atoms with Crippen LogP contribution >= 0.6 is 0 Å². The van der Waals surface area contributed by atoms with Crippen molar-refractivity contribution in [2.75, 3.05) is 5.32 Å². The summed E-state index contributed by atoms with van der Waals surface area (Å²) in [5.74, 6) is 0.979. The zero-order valence-corrected chi connectivity index (χ0v) is 8.04. The SMILES string of the molecule is CCCn1ccnc1NC(C)C. The molecule has 1 heterocycles. The Bertz CT molecular complexity index is 227. The van der Waals surface area contributed by atoms with E-state index in [0.29, 0.717) is 6.04 Å². The van der Waals surface area contributed by atoms with Gasteiger partial charge in [0, 0.05) is 25.0 Å². The van der Waals surface area contributed by atoms with Gasteiger partial charge in [0.15, 0.2) is 0 Å². The van der Waals surface area contributed by atoms with Crippen LogP contribution in [0, 0.1) is 0 Å². The van der Waals surface area contributed by atoms with E-state index in [1.54, 1.807) is 0 Å². The predicted octanol–water partition coefficient (Wildman–Crippen LogP) is 2.11. The molecular weight excluding hydrogens is 150 g/mol. The van der Waals surface area contributed by atoms with Gasteiger partial charge in [-0.05, 0) is 20.3 Å². The largest absolute Gasteiger partial charge is 0.353 e. The summed E-state index contributed by atoms with van der Waals surface area (Å²) in [7, 11) is 0. The number of imidazole rings is 1. The molecular formula is C9H17N3. The molecule has 0 amide bonds. The van der Waals surface area contributed by atoms with Crippen LogP contribution in [0.3, 0.4) is 0 Å². The van der Waals surface area contributed by atoms with E-state index in [0.717, 1.165) is 18.9 Å². The van der Waals surface area contributed by atoms with Gasteiger partial charge in [-0.15, -0.1) is 0 Å². The Morgan fingerprint density at radius 2 is 2.33 bits per heavy atom. The molecule has 0 unspecified atom stereocenters. The molecule has 0 saturated carbocycles. The fraction of sp³-hybridized carbons (Fsp3) is 0.667. The van der Waals surface area contributed by atoms with Crippen molar-refractivity contribution in [3.8, 4) is 0 Å². The molecule has 68 valence electrons. The predicted molar refractivity (Wildman–Crippen MR) is 51.3 cm³/mol. The number of hydrogen-bond acceptors (Lipinski definition) is 2. The number of nitrogens with one attached hydrogen (secondary N) is 1. The normalized spacial score (nSPS) is 10.7. The quantitative estimate of drug-likeness (QED) is 0.744. The van der Waals surface area contributed by atoms with Crippen molar-refractivity contribution in [1.82, 2.24) is 9.55 Å². The zero-order valence-electron chi connectivity index (χ0n) is 8.04. The first kappa shape index (κ1) is 9.10. The molecule has 0 aliphatic rings. The molecule has 0 aliphatic carbocycles. The van der Waals surface area contributed by atoms with Crippen LogP contribution in [0.2, 0.25) is 0 Å². The van der Waals surface area contributed by atoms with E-state index >= 15 is 0 Å². The summed E-state index contributed by atoms with van der Waals surface area (Å²) >= 11 is 0. The minimum Gasteiger partial charge on any atom is -0.353 e. The first-order chi connectivity index (χ1) is 5.74. The van der Waals surface area contributed by atoms with Crippen LogP contribution in [-0.4, -0.2) is 15.6 Å². The fourth-order valence-electron chi connectivity index (χ4n) is 1.13. The Labute approximate surface area is 73.8 Å². The molecule has 0 atom stereocenters. The molecule has 1 aromatic heterocycles. The maximum absolute atomic E-state index is 4.23. The third kappa shape index (κ3) is 2.26. The second kappa shape index (κ2) is 4.14. The molecule has 0 bridgehead atoms. The molecule has 0 fully saturated rings. The average Bonchev–Trinajstić information content (AvgIpc) is 2.37. The minimum absolute atomic E-state index is 0.447. The summed E-state index contributed by atoms with van der Waals surface area (Å²) in [5, 5.41) is 3.29. The first-order valence-electron chi connectivity index (χ1n) is 4.51. The summed E-state index contributed by atoms with van der Waals surface area (Å²) in [4.78, 5) is 4.23. The van der Waals surface area contributed by atoms with E-state index in [1.807, 2.05) is 12.4 Å². The van der Waals surface area contributed by atoms with Crippen LogP contribution in [0.1, 0.15) is 27.2 Å². The summed E-state index contributed by atoms with van der Waals surface area (Å²) < 4.78 is 2.14. The van der Waals surface area contributed by atoms with E-state index in [-0.39, 0.29) is 0 Å². The molecule has 0 spiro atoms. The van der Waals surface area contributed by atoms with Gasteiger partial charge in [0.1, 0.15) is 0 Å². The van der Waals surface area contributed by atoms with Gasteiger partial charge >= 0.3 is 0 Å². The van der Waals surface area contributed by atoms with Gasteiger partial charge in [0.2, 0.25) is 5.95 Å². The topological polar surface area (TPSA) is 29.9 Å². The summed E-state index contributed by atoms with van der Waals surface area (Å²) in [6.07, 6.45) is 4.98. The highest BCUT2D eigenvalue weighted by Crippen LogP contribution is 2.06. The Morgan fingerprint density at radius 1 is 1.58 bits per heavy atom. The Kier molecular flexibility index (Phi) is 3.14. The molecule has 0 radical (unpaired) electrons. The van der Waals surface area contributed by atoms with Crippen molar-refractivity contribution < 1.29 is 0 Å². The van der Waals surface area contributed by atoms with Crippen molar-refractivity contribution in [2.24, 2.45) is 0 Å². The molecule has 0 aliphatic heterocycles. The maximum atomic E-state index is 4.23. The van der Waals surface area contributed by atoms with Gasteiger partial charge in [-0.2, -0.15) is 0 Å². The second-order valence-corrected chi connectivity index (χ2v) is 3.24. The highest BCUT2D eigenvalue weighted by Gasteiger charge is 2.01. The molecule has 3 nitrogen and oxygen atoms in total. The molecule has 3 heteroatoms. The van der Waals surface area contributed by atoms with Crippen molar-refractivity contribution in [3.63, 3.8) is 0 Å². The lowest BCUT2D eigenvalue weighted by Gasteiger charge is -2.10. The van der Waals surface area contributed by atoms with Gasteiger partial charge in [0.05, 0.1) is 0 Å². The third-order valence-electron chi connectivity index (χ3n) is 1.60. The van der Waals surface area contributed by atoms with E-state index in [2.05, 4.69) is 35.6 Å². The van der Waals surface area contributed by atoms with Crippen LogP contribution in [0.25, 0.3) is 0 Å². The molecule has 1 aromatic rings. The van der Waals surface area contributed by atoms with Gasteiger partial charge in [-0.3, -0.25) is 0 Å². The molecule has 12 heavy (non-hydrogen) atoms. The molecule has 1 N–H and O–H groups in total. The lowest BCUT2D eigenvalue weighted by Crippen LogP contribution is -2.14. The van der Waals surface area contributed by atoms with Gasteiger partial charge in [-0.25, -0.2) is 4.98 Å². The van der Waals surface area contributed by atoms with E-state index in [1.165, 1.54) is 0 Å².